The smallest absolute Gasteiger partial charge is 0.303 e. The highest BCUT2D eigenvalue weighted by molar-refractivity contribution is 6.01. The summed E-state index contributed by atoms with van der Waals surface area (Å²) in [5.74, 6) is -5.45. The molecule has 0 spiro atoms. The summed E-state index contributed by atoms with van der Waals surface area (Å²) in [6.07, 6.45) is 2.60. The molecule has 8 atom stereocenters. The van der Waals surface area contributed by atoms with Crippen molar-refractivity contribution >= 4 is 23.5 Å². The van der Waals surface area contributed by atoms with Crippen LogP contribution in [-0.4, -0.2) is 62.8 Å². The predicted octanol–water partition coefficient (Wildman–Crippen LogP) is 1.92. The summed E-state index contributed by atoms with van der Waals surface area (Å²) in [6.45, 7) is 3.63. The third-order valence-electron chi connectivity index (χ3n) is 9.28. The minimum absolute atomic E-state index is 0.0753. The van der Waals surface area contributed by atoms with Crippen LogP contribution < -0.4 is 0 Å². The number of carboxylic acid groups (broad SMARTS) is 1. The highest BCUT2D eigenvalue weighted by Crippen LogP contribution is 2.71. The number of carbonyl (C=O) groups is 4. The maximum atomic E-state index is 17.2. The molecule has 0 heterocycles. The molecule has 3 N–H and O–H groups in total. The molecule has 34 heavy (non-hydrogen) atoms. The van der Waals surface area contributed by atoms with Gasteiger partial charge in [0, 0.05) is 29.6 Å². The summed E-state index contributed by atoms with van der Waals surface area (Å²) < 4.78 is 22.0. The number of ketones is 2. The largest absolute Gasteiger partial charge is 0.481 e. The van der Waals surface area contributed by atoms with Gasteiger partial charge in [-0.05, 0) is 50.7 Å². The summed E-state index contributed by atoms with van der Waals surface area (Å²) >= 11 is 0. The summed E-state index contributed by atoms with van der Waals surface area (Å²) in [5, 5.41) is 32.7. The zero-order valence-corrected chi connectivity index (χ0v) is 19.5. The average Bonchev–Trinajstić information content (AvgIpc) is 2.95. The van der Waals surface area contributed by atoms with Gasteiger partial charge < -0.3 is 20.1 Å². The first-order chi connectivity index (χ1) is 15.7. The van der Waals surface area contributed by atoms with Crippen molar-refractivity contribution in [1.29, 1.82) is 0 Å². The second kappa shape index (κ2) is 7.81. The Hall–Kier alpha value is -2.39. The zero-order valence-electron chi connectivity index (χ0n) is 19.5. The molecule has 0 radical (unpaired) electrons. The Bertz CT molecular complexity index is 1020. The Morgan fingerprint density at radius 2 is 1.91 bits per heavy atom. The van der Waals surface area contributed by atoms with E-state index in [1.165, 1.54) is 18.2 Å². The number of ether oxygens (including phenoxy) is 1. The van der Waals surface area contributed by atoms with Crippen molar-refractivity contribution in [3.63, 3.8) is 0 Å². The second-order valence-electron chi connectivity index (χ2n) is 10.8. The molecule has 0 aromatic heterocycles. The van der Waals surface area contributed by atoms with E-state index < -0.39 is 76.7 Å². The highest BCUT2D eigenvalue weighted by Gasteiger charge is 2.76. The molecule has 0 saturated heterocycles. The van der Waals surface area contributed by atoms with Gasteiger partial charge in [-0.25, -0.2) is 4.39 Å². The van der Waals surface area contributed by atoms with Crippen LogP contribution in [0.25, 0.3) is 0 Å². The first-order valence-electron chi connectivity index (χ1n) is 11.6. The minimum Gasteiger partial charge on any atom is -0.481 e. The molecule has 0 unspecified atom stereocenters. The molecule has 0 aromatic rings. The standard InChI is InChI=1S/C25H31FO8/c1-13(27)34-12-20(30)25(33)15(10-21(31)32)9-18-17-5-4-14-8-16(28)6-7-22(14,2)24(17,26)19(29)11-23(18,25)3/h6-8,15,17-19,29,33H,4-5,9-12H2,1-3H3,(H,31,32)/t15-,17-,18-,19-,22-,23-,24-,25-/m0/s1. The van der Waals surface area contributed by atoms with E-state index in [1.54, 1.807) is 13.8 Å². The Morgan fingerprint density at radius 1 is 1.24 bits per heavy atom. The van der Waals surface area contributed by atoms with Gasteiger partial charge >= 0.3 is 11.9 Å². The molecular formula is C25H31FO8. The van der Waals surface area contributed by atoms with Gasteiger partial charge in [-0.15, -0.1) is 0 Å². The van der Waals surface area contributed by atoms with Gasteiger partial charge in [0.25, 0.3) is 0 Å². The number of rotatable bonds is 5. The zero-order chi connectivity index (χ0) is 25.3. The summed E-state index contributed by atoms with van der Waals surface area (Å²) in [7, 11) is 0. The minimum atomic E-state index is -2.22. The Morgan fingerprint density at radius 3 is 2.53 bits per heavy atom. The number of carboxylic acids is 1. The third-order valence-corrected chi connectivity index (χ3v) is 9.28. The van der Waals surface area contributed by atoms with Crippen LogP contribution in [0.1, 0.15) is 52.9 Å². The molecule has 8 nitrogen and oxygen atoms in total. The molecule has 0 aromatic carbocycles. The van der Waals surface area contributed by atoms with Crippen molar-refractivity contribution in [2.75, 3.05) is 6.61 Å². The first kappa shape index (κ1) is 24.7. The molecule has 0 aliphatic heterocycles. The molecule has 4 aliphatic carbocycles. The van der Waals surface area contributed by atoms with Crippen molar-refractivity contribution in [3.8, 4) is 0 Å². The number of hydrogen-bond donors (Lipinski definition) is 3. The Labute approximate surface area is 196 Å². The molecule has 186 valence electrons. The number of aliphatic hydroxyl groups is 2. The topological polar surface area (TPSA) is 138 Å². The normalized spacial score (nSPS) is 45.0. The van der Waals surface area contributed by atoms with Gasteiger partial charge in [-0.2, -0.15) is 0 Å². The summed E-state index contributed by atoms with van der Waals surface area (Å²) in [5.41, 5.74) is -6.37. The van der Waals surface area contributed by atoms with Crippen LogP contribution in [0.2, 0.25) is 0 Å². The van der Waals surface area contributed by atoms with Crippen LogP contribution in [0, 0.1) is 28.6 Å². The van der Waals surface area contributed by atoms with Crippen molar-refractivity contribution in [1.82, 2.24) is 0 Å². The third kappa shape index (κ3) is 3.09. The monoisotopic (exact) mass is 478 g/mol. The lowest BCUT2D eigenvalue weighted by molar-refractivity contribution is -0.220. The number of hydrogen-bond acceptors (Lipinski definition) is 7. The van der Waals surface area contributed by atoms with Crippen LogP contribution in [0.3, 0.4) is 0 Å². The van der Waals surface area contributed by atoms with Gasteiger partial charge in [0.1, 0.15) is 5.60 Å². The predicted molar refractivity (Wildman–Crippen MR) is 116 cm³/mol. The summed E-state index contributed by atoms with van der Waals surface area (Å²) in [6, 6.07) is 0. The molecule has 3 saturated carbocycles. The number of Topliss-reactive ketones (excluding diaryl/α,β-unsaturated/α-hetero) is 1. The fourth-order valence-corrected chi connectivity index (χ4v) is 7.64. The molecule has 9 heteroatoms. The number of aliphatic carboxylic acids is 1. The number of esters is 1. The lowest BCUT2D eigenvalue weighted by Gasteiger charge is -2.62. The van der Waals surface area contributed by atoms with Crippen LogP contribution in [0.4, 0.5) is 4.39 Å². The number of aliphatic hydroxyl groups excluding tert-OH is 1. The number of alkyl halides is 1. The highest BCUT2D eigenvalue weighted by atomic mass is 19.1. The Kier molecular flexibility index (Phi) is 5.68. The van der Waals surface area contributed by atoms with E-state index >= 15 is 4.39 Å². The maximum Gasteiger partial charge on any atom is 0.303 e. The van der Waals surface area contributed by atoms with E-state index in [2.05, 4.69) is 0 Å². The molecule has 4 aliphatic rings. The molecule has 0 bridgehead atoms. The lowest BCUT2D eigenvalue weighted by atomic mass is 9.44. The first-order valence-corrected chi connectivity index (χ1v) is 11.6. The van der Waals surface area contributed by atoms with Crippen molar-refractivity contribution in [3.05, 3.63) is 23.8 Å². The fraction of sp³-hybridized carbons (Fsp3) is 0.680. The van der Waals surface area contributed by atoms with Crippen LogP contribution in [-0.2, 0) is 23.9 Å². The van der Waals surface area contributed by atoms with E-state index in [4.69, 9.17) is 4.74 Å². The van der Waals surface area contributed by atoms with Gasteiger partial charge in [0.05, 0.1) is 12.5 Å². The van der Waals surface area contributed by atoms with Crippen LogP contribution in [0.15, 0.2) is 23.8 Å². The van der Waals surface area contributed by atoms with Crippen molar-refractivity contribution in [2.45, 2.75) is 70.2 Å². The molecule has 0 amide bonds. The lowest BCUT2D eigenvalue weighted by Crippen LogP contribution is -2.69. The quantitative estimate of drug-likeness (QED) is 0.510. The average molecular weight is 479 g/mol. The fourth-order valence-electron chi connectivity index (χ4n) is 7.64. The molecule has 3 fully saturated rings. The van der Waals surface area contributed by atoms with Crippen molar-refractivity contribution < 1.29 is 43.6 Å². The van der Waals surface area contributed by atoms with Gasteiger partial charge in [0.2, 0.25) is 5.78 Å². The van der Waals surface area contributed by atoms with E-state index in [0.29, 0.717) is 12.0 Å². The number of fused-ring (bicyclic) bond motifs is 5. The number of halogens is 1. The second-order valence-corrected chi connectivity index (χ2v) is 10.8. The van der Waals surface area contributed by atoms with Crippen molar-refractivity contribution in [2.24, 2.45) is 28.6 Å². The molecular weight excluding hydrogens is 447 g/mol. The van der Waals surface area contributed by atoms with E-state index in [0.717, 1.165) is 6.92 Å². The van der Waals surface area contributed by atoms with Gasteiger partial charge in [-0.3, -0.25) is 19.2 Å². The SMILES string of the molecule is CC(=O)OCC(=O)[C@@]1(O)[C@H](CC(=O)O)C[C@H]2[C@@H]3CCC4=CC(=O)C=C[C@]4(C)[C@@]3(F)[C@@H](O)C[C@@]21C. The van der Waals surface area contributed by atoms with E-state index in [1.807, 2.05) is 0 Å². The van der Waals surface area contributed by atoms with Crippen LogP contribution >= 0.6 is 0 Å². The summed E-state index contributed by atoms with van der Waals surface area (Å²) in [4.78, 5) is 48.1. The van der Waals surface area contributed by atoms with Gasteiger partial charge in [-0.1, -0.05) is 18.6 Å². The van der Waals surface area contributed by atoms with Crippen LogP contribution in [0.5, 0.6) is 0 Å². The van der Waals surface area contributed by atoms with E-state index in [9.17, 15) is 34.5 Å². The van der Waals surface area contributed by atoms with Gasteiger partial charge in [0.15, 0.2) is 18.1 Å². The maximum absolute atomic E-state index is 17.2. The van der Waals surface area contributed by atoms with E-state index in [-0.39, 0.29) is 25.0 Å². The molecule has 4 rings (SSSR count). The number of carbonyl (C=O) groups excluding carboxylic acids is 3. The number of allylic oxidation sites excluding steroid dienone is 4. The Balaban J connectivity index is 1.80.